The maximum atomic E-state index is 14.6. The van der Waals surface area contributed by atoms with Crippen LogP contribution in [-0.2, 0) is 9.53 Å². The first-order chi connectivity index (χ1) is 21.8. The Bertz CT molecular complexity index is 1630. The second kappa shape index (κ2) is 13.2. The molecule has 0 spiro atoms. The fraction of sp³-hybridized carbons (Fsp3) is 0.455. The number of piperidine rings is 2. The minimum atomic E-state index is -3.25. The summed E-state index contributed by atoms with van der Waals surface area (Å²) < 4.78 is 40.2. The van der Waals surface area contributed by atoms with Crippen molar-refractivity contribution in [3.8, 4) is 23.2 Å². The van der Waals surface area contributed by atoms with Crippen molar-refractivity contribution in [3.63, 3.8) is 0 Å². The summed E-state index contributed by atoms with van der Waals surface area (Å²) >= 11 is 0. The molecule has 2 amide bonds. The zero-order chi connectivity index (χ0) is 33.1. The van der Waals surface area contributed by atoms with Crippen LogP contribution in [0.3, 0.4) is 0 Å². The molecule has 2 saturated heterocycles. The molecule has 2 aliphatic rings. The van der Waals surface area contributed by atoms with Gasteiger partial charge in [-0.1, -0.05) is 6.07 Å². The average Bonchev–Trinajstić information content (AvgIpc) is 3.01. The molecule has 3 aromatic rings. The summed E-state index contributed by atoms with van der Waals surface area (Å²) in [6, 6.07) is 12.6. The third kappa shape index (κ3) is 7.67. The van der Waals surface area contributed by atoms with Gasteiger partial charge in [-0.05, 0) is 87.9 Å². The third-order valence-corrected chi connectivity index (χ3v) is 8.02. The van der Waals surface area contributed by atoms with Gasteiger partial charge in [0, 0.05) is 37.3 Å². The van der Waals surface area contributed by atoms with Crippen molar-refractivity contribution in [2.24, 2.45) is 0 Å². The summed E-state index contributed by atoms with van der Waals surface area (Å²) in [6.45, 7) is 8.33. The molecule has 5 rings (SSSR count). The molecule has 46 heavy (non-hydrogen) atoms. The number of rotatable bonds is 7. The Hall–Kier alpha value is -4.86. The highest BCUT2D eigenvalue weighted by Crippen LogP contribution is 2.34. The van der Waals surface area contributed by atoms with Gasteiger partial charge in [0.05, 0.1) is 12.1 Å². The van der Waals surface area contributed by atoms with Crippen molar-refractivity contribution in [1.29, 1.82) is 5.26 Å². The van der Waals surface area contributed by atoms with Gasteiger partial charge in [0.15, 0.2) is 11.9 Å². The number of ether oxygens (including phenoxy) is 2. The Balaban J connectivity index is 1.24. The van der Waals surface area contributed by atoms with Gasteiger partial charge >= 0.3 is 12.0 Å². The number of anilines is 2. The van der Waals surface area contributed by atoms with Crippen LogP contribution in [0.15, 0.2) is 42.7 Å². The van der Waals surface area contributed by atoms with E-state index in [0.29, 0.717) is 36.9 Å². The SMILES string of the molecule is Cc1cc(Nc2ncnc(-c3ccc(O[C@H]4CCN(C=O)CC4(F)F)c(C#N)c3)n2)ccc1C1CCN(C(=O)OC(C)(C)C)CC1. The maximum Gasteiger partial charge on any atom is 0.410 e. The standard InChI is InChI=1S/C33H37F2N7O4/c1-21-15-25(6-7-26(21)22-9-13-42(14-10-22)31(44)46-32(2,3)4)39-30-38-19-37-29(40-30)23-5-8-27(24(16-23)17-36)45-28-11-12-41(20-43)18-33(28,34)35/h5-8,15-16,19-20,22,28H,9-14,18H2,1-4H3,(H,37,38,39,40)/t28-/m0/s1. The van der Waals surface area contributed by atoms with E-state index in [4.69, 9.17) is 9.47 Å². The number of aromatic nitrogens is 3. The van der Waals surface area contributed by atoms with Crippen molar-refractivity contribution >= 4 is 24.1 Å². The quantitative estimate of drug-likeness (QED) is 0.320. The van der Waals surface area contributed by atoms with E-state index in [1.807, 2.05) is 45.9 Å². The largest absolute Gasteiger partial charge is 0.483 e. The van der Waals surface area contributed by atoms with Crippen LogP contribution in [0.1, 0.15) is 62.6 Å². The molecule has 11 nitrogen and oxygen atoms in total. The molecule has 13 heteroatoms. The number of hydrogen-bond acceptors (Lipinski definition) is 9. The van der Waals surface area contributed by atoms with E-state index in [-0.39, 0.29) is 36.2 Å². The van der Waals surface area contributed by atoms with Gasteiger partial charge < -0.3 is 24.6 Å². The van der Waals surface area contributed by atoms with Crippen molar-refractivity contribution in [1.82, 2.24) is 24.8 Å². The van der Waals surface area contributed by atoms with Crippen LogP contribution in [0.4, 0.5) is 25.2 Å². The molecule has 242 valence electrons. The Morgan fingerprint density at radius 2 is 1.87 bits per heavy atom. The van der Waals surface area contributed by atoms with E-state index >= 15 is 0 Å². The van der Waals surface area contributed by atoms with Gasteiger partial charge in [0.25, 0.3) is 0 Å². The normalized spacial score (nSPS) is 18.4. The number of likely N-dealkylation sites (tertiary alicyclic amines) is 2. The van der Waals surface area contributed by atoms with Gasteiger partial charge in [-0.15, -0.1) is 0 Å². The number of amides is 2. The molecule has 2 aromatic carbocycles. The summed E-state index contributed by atoms with van der Waals surface area (Å²) in [4.78, 5) is 39.1. The molecule has 0 radical (unpaired) electrons. The number of alkyl halides is 2. The van der Waals surface area contributed by atoms with Crippen LogP contribution >= 0.6 is 0 Å². The van der Waals surface area contributed by atoms with Crippen LogP contribution in [-0.4, -0.2) is 81.1 Å². The highest BCUT2D eigenvalue weighted by atomic mass is 19.3. The summed E-state index contributed by atoms with van der Waals surface area (Å²) in [6.07, 6.45) is 1.64. The van der Waals surface area contributed by atoms with E-state index in [2.05, 4.69) is 26.3 Å². The van der Waals surface area contributed by atoms with E-state index in [1.54, 1.807) is 11.0 Å². The average molecular weight is 634 g/mol. The van der Waals surface area contributed by atoms with Crippen LogP contribution in [0.5, 0.6) is 5.75 Å². The minimum Gasteiger partial charge on any atom is -0.483 e. The summed E-state index contributed by atoms with van der Waals surface area (Å²) in [5.74, 6) is -2.32. The van der Waals surface area contributed by atoms with E-state index in [1.165, 1.54) is 24.0 Å². The molecular formula is C33H37F2N7O4. The zero-order valence-corrected chi connectivity index (χ0v) is 26.3. The lowest BCUT2D eigenvalue weighted by Crippen LogP contribution is -2.53. The molecular weight excluding hydrogens is 596 g/mol. The third-order valence-electron chi connectivity index (χ3n) is 8.02. The molecule has 0 unspecified atom stereocenters. The topological polar surface area (TPSA) is 134 Å². The highest BCUT2D eigenvalue weighted by Gasteiger charge is 2.46. The second-order valence-corrected chi connectivity index (χ2v) is 12.6. The van der Waals surface area contributed by atoms with Crippen LogP contribution < -0.4 is 10.1 Å². The molecule has 2 fully saturated rings. The van der Waals surface area contributed by atoms with E-state index < -0.39 is 24.2 Å². The number of nitriles is 1. The predicted molar refractivity (Wildman–Crippen MR) is 166 cm³/mol. The molecule has 3 heterocycles. The van der Waals surface area contributed by atoms with E-state index in [0.717, 1.165) is 29.0 Å². The number of benzene rings is 2. The van der Waals surface area contributed by atoms with Crippen molar-refractivity contribution in [2.75, 3.05) is 31.5 Å². The smallest absolute Gasteiger partial charge is 0.410 e. The first-order valence-electron chi connectivity index (χ1n) is 15.2. The van der Waals surface area contributed by atoms with Crippen molar-refractivity contribution in [2.45, 2.75) is 70.5 Å². The Morgan fingerprint density at radius 1 is 1.11 bits per heavy atom. The highest BCUT2D eigenvalue weighted by molar-refractivity contribution is 5.68. The summed E-state index contributed by atoms with van der Waals surface area (Å²) in [7, 11) is 0. The second-order valence-electron chi connectivity index (χ2n) is 12.6. The number of aryl methyl sites for hydroxylation is 1. The lowest BCUT2D eigenvalue weighted by Gasteiger charge is -2.36. The number of nitrogens with zero attached hydrogens (tertiary/aromatic N) is 6. The Morgan fingerprint density at radius 3 is 2.52 bits per heavy atom. The number of nitrogens with one attached hydrogen (secondary N) is 1. The fourth-order valence-corrected chi connectivity index (χ4v) is 5.73. The van der Waals surface area contributed by atoms with E-state index in [9.17, 15) is 23.6 Å². The first kappa shape index (κ1) is 32.5. The first-order valence-corrected chi connectivity index (χ1v) is 15.2. The number of carbonyl (C=O) groups is 2. The molecule has 1 atom stereocenters. The molecule has 2 aliphatic heterocycles. The molecule has 0 aliphatic carbocycles. The number of halogens is 2. The van der Waals surface area contributed by atoms with Crippen molar-refractivity contribution in [3.05, 3.63) is 59.4 Å². The lowest BCUT2D eigenvalue weighted by molar-refractivity contribution is -0.151. The van der Waals surface area contributed by atoms with Gasteiger partial charge in [0.1, 0.15) is 23.7 Å². The fourth-order valence-electron chi connectivity index (χ4n) is 5.73. The Labute approximate surface area is 266 Å². The Kier molecular flexibility index (Phi) is 9.37. The molecule has 1 N–H and O–H groups in total. The summed E-state index contributed by atoms with van der Waals surface area (Å²) in [5, 5.41) is 12.9. The molecule has 1 aromatic heterocycles. The molecule has 0 saturated carbocycles. The minimum absolute atomic E-state index is 0.0222. The maximum absolute atomic E-state index is 14.6. The van der Waals surface area contributed by atoms with Gasteiger partial charge in [0.2, 0.25) is 12.4 Å². The van der Waals surface area contributed by atoms with Crippen LogP contribution in [0, 0.1) is 18.3 Å². The lowest BCUT2D eigenvalue weighted by atomic mass is 9.87. The summed E-state index contributed by atoms with van der Waals surface area (Å²) in [5.41, 5.74) is 3.14. The zero-order valence-electron chi connectivity index (χ0n) is 26.3. The number of carbonyl (C=O) groups excluding carboxylic acids is 2. The van der Waals surface area contributed by atoms with Gasteiger partial charge in [-0.2, -0.15) is 10.2 Å². The van der Waals surface area contributed by atoms with Crippen LogP contribution in [0.2, 0.25) is 0 Å². The number of hydrogen-bond donors (Lipinski definition) is 1. The van der Waals surface area contributed by atoms with Gasteiger partial charge in [-0.25, -0.2) is 23.5 Å². The van der Waals surface area contributed by atoms with Crippen molar-refractivity contribution < 1.29 is 27.8 Å². The van der Waals surface area contributed by atoms with Gasteiger partial charge in [-0.3, -0.25) is 4.79 Å². The van der Waals surface area contributed by atoms with Crippen LogP contribution in [0.25, 0.3) is 11.4 Å². The predicted octanol–water partition coefficient (Wildman–Crippen LogP) is 5.82. The molecule has 0 bridgehead atoms. The monoisotopic (exact) mass is 633 g/mol.